The average Bonchev–Trinajstić information content (AvgIpc) is 2.45. The van der Waals surface area contributed by atoms with E-state index in [1.54, 1.807) is 0 Å². The molecule has 1 aliphatic heterocycles. The van der Waals surface area contributed by atoms with Crippen LogP contribution in [0.1, 0.15) is 5.69 Å². The number of nitrogens with zero attached hydrogens (tertiary/aromatic N) is 3. The van der Waals surface area contributed by atoms with Crippen LogP contribution in [0.2, 0.25) is 0 Å². The van der Waals surface area contributed by atoms with Gasteiger partial charge in [0.2, 0.25) is 5.95 Å². The van der Waals surface area contributed by atoms with E-state index in [4.69, 9.17) is 4.74 Å². The molecule has 0 atom stereocenters. The van der Waals surface area contributed by atoms with Gasteiger partial charge in [-0.3, -0.25) is 0 Å². The lowest BCUT2D eigenvalue weighted by atomic mass is 10.2. The van der Waals surface area contributed by atoms with Crippen LogP contribution >= 0.6 is 0 Å². The van der Waals surface area contributed by atoms with Crippen molar-refractivity contribution < 1.29 is 4.74 Å². The summed E-state index contributed by atoms with van der Waals surface area (Å²) < 4.78 is 7.21. The van der Waals surface area contributed by atoms with E-state index in [1.807, 2.05) is 32.2 Å². The Hall–Kier alpha value is -1.07. The molecule has 1 aliphatic rings. The molecule has 5 heteroatoms. The molecule has 5 nitrogen and oxygen atoms in total. The normalized spacial score (nSPS) is 16.5. The quantitative estimate of drug-likeness (QED) is 0.758. The van der Waals surface area contributed by atoms with E-state index >= 15 is 0 Å². The Balaban J connectivity index is 1.95. The van der Waals surface area contributed by atoms with Crippen LogP contribution in [0.25, 0.3) is 0 Å². The largest absolute Gasteiger partial charge is 0.378 e. The van der Waals surface area contributed by atoms with Gasteiger partial charge in [-0.15, -0.1) is 0 Å². The summed E-state index contributed by atoms with van der Waals surface area (Å²) in [4.78, 5) is 6.36. The molecule has 1 aromatic rings. The van der Waals surface area contributed by atoms with Gasteiger partial charge in [-0.25, -0.2) is 4.98 Å². The Morgan fingerprint density at radius 3 is 2.80 bits per heavy atom. The molecule has 0 aromatic carbocycles. The number of hydrogen-bond donors (Lipinski definition) is 1. The van der Waals surface area contributed by atoms with Crippen molar-refractivity contribution in [2.75, 3.05) is 32.2 Å². The molecule has 2 heterocycles. The van der Waals surface area contributed by atoms with E-state index < -0.39 is 0 Å². The highest BCUT2D eigenvalue weighted by atomic mass is 16.5. The summed E-state index contributed by atoms with van der Waals surface area (Å²) in [5.74, 6) is 0.983. The number of aromatic nitrogens is 2. The van der Waals surface area contributed by atoms with Gasteiger partial charge in [0, 0.05) is 27.7 Å². The van der Waals surface area contributed by atoms with Crippen LogP contribution in [-0.4, -0.2) is 42.9 Å². The van der Waals surface area contributed by atoms with Crippen molar-refractivity contribution in [3.8, 4) is 0 Å². The van der Waals surface area contributed by atoms with E-state index in [0.29, 0.717) is 6.04 Å². The Bertz CT molecular complexity index is 330. The maximum absolute atomic E-state index is 5.10. The molecule has 0 saturated carbocycles. The van der Waals surface area contributed by atoms with Crippen LogP contribution in [0.4, 0.5) is 5.95 Å². The summed E-state index contributed by atoms with van der Waals surface area (Å²) >= 11 is 0. The van der Waals surface area contributed by atoms with Crippen LogP contribution < -0.4 is 10.2 Å². The standard InChI is InChI=1S/C10H18N4O/c1-13(2)10-12-5-9(14(10)3)4-11-8-6-15-7-8/h5,8,11H,4,6-7H2,1-3H3. The lowest BCUT2D eigenvalue weighted by molar-refractivity contribution is -0.00598. The first-order chi connectivity index (χ1) is 7.18. The van der Waals surface area contributed by atoms with Gasteiger partial charge in [0.1, 0.15) is 0 Å². The fraction of sp³-hybridized carbons (Fsp3) is 0.700. The molecule has 0 bridgehead atoms. The first kappa shape index (κ1) is 10.4. The minimum atomic E-state index is 0.516. The highest BCUT2D eigenvalue weighted by Gasteiger charge is 2.18. The van der Waals surface area contributed by atoms with Crippen molar-refractivity contribution in [3.63, 3.8) is 0 Å². The number of imidazole rings is 1. The molecule has 0 spiro atoms. The summed E-state index contributed by atoms with van der Waals surface area (Å²) in [6.07, 6.45) is 1.92. The van der Waals surface area contributed by atoms with Crippen molar-refractivity contribution in [2.24, 2.45) is 7.05 Å². The van der Waals surface area contributed by atoms with Gasteiger partial charge in [-0.2, -0.15) is 0 Å². The Labute approximate surface area is 90.0 Å². The third kappa shape index (κ3) is 2.13. The minimum Gasteiger partial charge on any atom is -0.378 e. The van der Waals surface area contributed by atoms with Gasteiger partial charge in [0.05, 0.1) is 31.1 Å². The summed E-state index contributed by atoms with van der Waals surface area (Å²) in [5.41, 5.74) is 1.20. The molecule has 0 amide bonds. The number of rotatable bonds is 4. The van der Waals surface area contributed by atoms with E-state index in [9.17, 15) is 0 Å². The smallest absolute Gasteiger partial charge is 0.204 e. The molecule has 84 valence electrons. The molecule has 0 radical (unpaired) electrons. The molecule has 1 N–H and O–H groups in total. The van der Waals surface area contributed by atoms with E-state index in [2.05, 4.69) is 14.9 Å². The van der Waals surface area contributed by atoms with Crippen molar-refractivity contribution in [1.82, 2.24) is 14.9 Å². The zero-order chi connectivity index (χ0) is 10.8. The molecule has 1 aromatic heterocycles. The predicted molar refractivity (Wildman–Crippen MR) is 59.0 cm³/mol. The van der Waals surface area contributed by atoms with Crippen LogP contribution in [-0.2, 0) is 18.3 Å². The van der Waals surface area contributed by atoms with E-state index in [0.717, 1.165) is 25.7 Å². The van der Waals surface area contributed by atoms with Gasteiger partial charge in [0.15, 0.2) is 0 Å². The molecule has 2 rings (SSSR count). The highest BCUT2D eigenvalue weighted by Crippen LogP contribution is 2.11. The molecular formula is C10H18N4O. The summed E-state index contributed by atoms with van der Waals surface area (Å²) in [6, 6.07) is 0.516. The Morgan fingerprint density at radius 2 is 2.33 bits per heavy atom. The van der Waals surface area contributed by atoms with Gasteiger partial charge < -0.3 is 19.5 Å². The fourth-order valence-corrected chi connectivity index (χ4v) is 1.62. The van der Waals surface area contributed by atoms with Gasteiger partial charge in [-0.05, 0) is 0 Å². The maximum atomic E-state index is 5.10. The van der Waals surface area contributed by atoms with E-state index in [-0.39, 0.29) is 0 Å². The topological polar surface area (TPSA) is 42.3 Å². The fourth-order valence-electron chi connectivity index (χ4n) is 1.62. The first-order valence-corrected chi connectivity index (χ1v) is 5.17. The van der Waals surface area contributed by atoms with Crippen molar-refractivity contribution >= 4 is 5.95 Å². The third-order valence-electron chi connectivity index (χ3n) is 2.67. The second-order valence-electron chi connectivity index (χ2n) is 4.12. The molecule has 1 saturated heterocycles. The van der Waals surface area contributed by atoms with Crippen LogP contribution in [0.15, 0.2) is 6.20 Å². The van der Waals surface area contributed by atoms with Crippen LogP contribution in [0, 0.1) is 0 Å². The van der Waals surface area contributed by atoms with Crippen LogP contribution in [0.5, 0.6) is 0 Å². The minimum absolute atomic E-state index is 0.516. The predicted octanol–water partition coefficient (Wildman–Crippen LogP) is -0.0255. The van der Waals surface area contributed by atoms with E-state index in [1.165, 1.54) is 5.69 Å². The Morgan fingerprint density at radius 1 is 1.60 bits per heavy atom. The summed E-state index contributed by atoms with van der Waals surface area (Å²) in [5, 5.41) is 3.42. The zero-order valence-electron chi connectivity index (χ0n) is 9.53. The summed E-state index contributed by atoms with van der Waals surface area (Å²) in [7, 11) is 6.04. The molecular weight excluding hydrogens is 192 g/mol. The van der Waals surface area contributed by atoms with Crippen molar-refractivity contribution in [3.05, 3.63) is 11.9 Å². The Kier molecular flexibility index (Phi) is 2.93. The zero-order valence-corrected chi connectivity index (χ0v) is 9.53. The monoisotopic (exact) mass is 210 g/mol. The lowest BCUT2D eigenvalue weighted by Gasteiger charge is -2.27. The van der Waals surface area contributed by atoms with Crippen LogP contribution in [0.3, 0.4) is 0 Å². The van der Waals surface area contributed by atoms with Gasteiger partial charge in [0.25, 0.3) is 0 Å². The SMILES string of the molecule is CN(C)c1ncc(CNC2COC2)n1C. The van der Waals surface area contributed by atoms with Gasteiger partial charge in [-0.1, -0.05) is 0 Å². The van der Waals surface area contributed by atoms with Gasteiger partial charge >= 0.3 is 0 Å². The molecule has 0 aliphatic carbocycles. The summed E-state index contributed by atoms with van der Waals surface area (Å²) in [6.45, 7) is 2.52. The lowest BCUT2D eigenvalue weighted by Crippen LogP contribution is -2.45. The van der Waals surface area contributed by atoms with Crippen molar-refractivity contribution in [2.45, 2.75) is 12.6 Å². The molecule has 0 unspecified atom stereocenters. The average molecular weight is 210 g/mol. The number of hydrogen-bond acceptors (Lipinski definition) is 4. The number of anilines is 1. The maximum Gasteiger partial charge on any atom is 0.204 e. The number of nitrogens with one attached hydrogen (secondary N) is 1. The molecule has 1 fully saturated rings. The second-order valence-corrected chi connectivity index (χ2v) is 4.12. The third-order valence-corrected chi connectivity index (χ3v) is 2.67. The second kappa shape index (κ2) is 4.20. The highest BCUT2D eigenvalue weighted by molar-refractivity contribution is 5.30. The van der Waals surface area contributed by atoms with Crippen molar-refractivity contribution in [1.29, 1.82) is 0 Å². The first-order valence-electron chi connectivity index (χ1n) is 5.17. The number of ether oxygens (including phenoxy) is 1. The molecule has 15 heavy (non-hydrogen) atoms.